The molecule has 1 unspecified atom stereocenters. The zero-order chi connectivity index (χ0) is 17.2. The SMILES string of the molecule is CN(CC(=O)Nc1ccc2c(c1)OCO2)C1CCCc2ccccc21. The number of hydrogen-bond acceptors (Lipinski definition) is 4. The third-order valence-corrected chi connectivity index (χ3v) is 4.92. The molecule has 4 rings (SSSR count). The molecule has 2 aliphatic rings. The van der Waals surface area contributed by atoms with Gasteiger partial charge in [0.25, 0.3) is 0 Å². The largest absolute Gasteiger partial charge is 0.454 e. The Balaban J connectivity index is 1.41. The molecule has 0 saturated heterocycles. The zero-order valence-electron chi connectivity index (χ0n) is 14.3. The molecule has 1 amide bonds. The van der Waals surface area contributed by atoms with Crippen molar-refractivity contribution in [3.63, 3.8) is 0 Å². The molecule has 1 atom stereocenters. The van der Waals surface area contributed by atoms with Crippen LogP contribution in [0.15, 0.2) is 42.5 Å². The van der Waals surface area contributed by atoms with Crippen LogP contribution in [-0.4, -0.2) is 31.2 Å². The van der Waals surface area contributed by atoms with E-state index in [-0.39, 0.29) is 12.7 Å². The van der Waals surface area contributed by atoms with Gasteiger partial charge >= 0.3 is 0 Å². The van der Waals surface area contributed by atoms with Gasteiger partial charge in [0.1, 0.15) is 0 Å². The van der Waals surface area contributed by atoms with Crippen LogP contribution in [0.2, 0.25) is 0 Å². The number of likely N-dealkylation sites (N-methyl/N-ethyl adjacent to an activating group) is 1. The van der Waals surface area contributed by atoms with Crippen molar-refractivity contribution in [2.75, 3.05) is 25.7 Å². The Morgan fingerprint density at radius 1 is 1.20 bits per heavy atom. The van der Waals surface area contributed by atoms with Crippen LogP contribution < -0.4 is 14.8 Å². The molecule has 130 valence electrons. The van der Waals surface area contributed by atoms with Crippen LogP contribution in [0.3, 0.4) is 0 Å². The molecular weight excluding hydrogens is 316 g/mol. The number of amides is 1. The fourth-order valence-corrected chi connectivity index (χ4v) is 3.70. The third kappa shape index (κ3) is 3.33. The lowest BCUT2D eigenvalue weighted by Gasteiger charge is -2.32. The predicted molar refractivity (Wildman–Crippen MR) is 95.9 cm³/mol. The fraction of sp³-hybridized carbons (Fsp3) is 0.350. The van der Waals surface area contributed by atoms with Crippen LogP contribution in [0.25, 0.3) is 0 Å². The molecule has 1 N–H and O–H groups in total. The van der Waals surface area contributed by atoms with E-state index in [1.807, 2.05) is 19.2 Å². The Labute approximate surface area is 147 Å². The minimum Gasteiger partial charge on any atom is -0.454 e. The molecule has 5 nitrogen and oxygen atoms in total. The third-order valence-electron chi connectivity index (χ3n) is 4.92. The topological polar surface area (TPSA) is 50.8 Å². The lowest BCUT2D eigenvalue weighted by molar-refractivity contribution is -0.117. The maximum atomic E-state index is 12.5. The van der Waals surface area contributed by atoms with E-state index in [9.17, 15) is 4.79 Å². The Kier molecular flexibility index (Phi) is 4.32. The van der Waals surface area contributed by atoms with E-state index < -0.39 is 0 Å². The van der Waals surface area contributed by atoms with Gasteiger partial charge in [-0.15, -0.1) is 0 Å². The molecule has 0 aromatic heterocycles. The van der Waals surface area contributed by atoms with Crippen LogP contribution in [0.4, 0.5) is 5.69 Å². The first-order valence-electron chi connectivity index (χ1n) is 8.68. The minimum absolute atomic E-state index is 0.0237. The number of fused-ring (bicyclic) bond motifs is 2. The van der Waals surface area contributed by atoms with Crippen LogP contribution in [-0.2, 0) is 11.2 Å². The highest BCUT2D eigenvalue weighted by molar-refractivity contribution is 5.92. The van der Waals surface area contributed by atoms with Crippen molar-refractivity contribution in [1.82, 2.24) is 4.90 Å². The van der Waals surface area contributed by atoms with Gasteiger partial charge in [0.2, 0.25) is 12.7 Å². The first kappa shape index (κ1) is 16.0. The summed E-state index contributed by atoms with van der Waals surface area (Å²) in [5.41, 5.74) is 3.49. The lowest BCUT2D eigenvalue weighted by Crippen LogP contribution is -2.34. The number of nitrogens with zero attached hydrogens (tertiary/aromatic N) is 1. The highest BCUT2D eigenvalue weighted by Gasteiger charge is 2.24. The van der Waals surface area contributed by atoms with E-state index in [4.69, 9.17) is 9.47 Å². The van der Waals surface area contributed by atoms with Crippen molar-refractivity contribution in [1.29, 1.82) is 0 Å². The smallest absolute Gasteiger partial charge is 0.238 e. The summed E-state index contributed by atoms with van der Waals surface area (Å²) in [6, 6.07) is 14.3. The van der Waals surface area contributed by atoms with Gasteiger partial charge < -0.3 is 14.8 Å². The average molecular weight is 338 g/mol. The Hall–Kier alpha value is -2.53. The Morgan fingerprint density at radius 3 is 2.96 bits per heavy atom. The highest BCUT2D eigenvalue weighted by Crippen LogP contribution is 2.35. The van der Waals surface area contributed by atoms with Crippen molar-refractivity contribution in [3.8, 4) is 11.5 Å². The molecule has 2 aromatic carbocycles. The molecule has 0 spiro atoms. The van der Waals surface area contributed by atoms with Gasteiger partial charge in [0.15, 0.2) is 11.5 Å². The number of aryl methyl sites for hydroxylation is 1. The van der Waals surface area contributed by atoms with Crippen LogP contribution in [0.5, 0.6) is 11.5 Å². The second-order valence-electron chi connectivity index (χ2n) is 6.64. The van der Waals surface area contributed by atoms with Gasteiger partial charge in [0, 0.05) is 17.8 Å². The molecule has 0 saturated carbocycles. The predicted octanol–water partition coefficient (Wildman–Crippen LogP) is 3.36. The number of rotatable bonds is 4. The number of carbonyl (C=O) groups is 1. The van der Waals surface area contributed by atoms with Gasteiger partial charge in [0.05, 0.1) is 6.54 Å². The van der Waals surface area contributed by atoms with Crippen LogP contribution >= 0.6 is 0 Å². The second-order valence-corrected chi connectivity index (χ2v) is 6.64. The first-order valence-corrected chi connectivity index (χ1v) is 8.68. The van der Waals surface area contributed by atoms with E-state index in [0.717, 1.165) is 24.9 Å². The van der Waals surface area contributed by atoms with E-state index in [0.29, 0.717) is 24.1 Å². The van der Waals surface area contributed by atoms with Crippen molar-refractivity contribution in [2.45, 2.75) is 25.3 Å². The highest BCUT2D eigenvalue weighted by atomic mass is 16.7. The Bertz CT molecular complexity index is 790. The summed E-state index contributed by atoms with van der Waals surface area (Å²) >= 11 is 0. The summed E-state index contributed by atoms with van der Waals surface area (Å²) < 4.78 is 10.6. The van der Waals surface area contributed by atoms with Crippen molar-refractivity contribution in [2.24, 2.45) is 0 Å². The Morgan fingerprint density at radius 2 is 2.04 bits per heavy atom. The standard InChI is InChI=1S/C20H22N2O3/c1-22(17-8-4-6-14-5-2-3-7-16(14)17)12-20(23)21-15-9-10-18-19(11-15)25-13-24-18/h2-3,5,7,9-11,17H,4,6,8,12-13H2,1H3,(H,21,23). The summed E-state index contributed by atoms with van der Waals surface area (Å²) in [6.07, 6.45) is 3.38. The van der Waals surface area contributed by atoms with E-state index in [1.165, 1.54) is 11.1 Å². The summed E-state index contributed by atoms with van der Waals surface area (Å²) in [5.74, 6) is 1.37. The molecule has 2 aromatic rings. The number of nitrogens with one attached hydrogen (secondary N) is 1. The molecule has 1 heterocycles. The van der Waals surface area contributed by atoms with E-state index in [1.54, 1.807) is 6.07 Å². The van der Waals surface area contributed by atoms with Gasteiger partial charge in [-0.25, -0.2) is 0 Å². The maximum Gasteiger partial charge on any atom is 0.238 e. The van der Waals surface area contributed by atoms with E-state index >= 15 is 0 Å². The number of hydrogen-bond donors (Lipinski definition) is 1. The monoisotopic (exact) mass is 338 g/mol. The van der Waals surface area contributed by atoms with Gasteiger partial charge in [-0.1, -0.05) is 24.3 Å². The normalized spacial score (nSPS) is 18.1. The quantitative estimate of drug-likeness (QED) is 0.929. The van der Waals surface area contributed by atoms with Crippen molar-refractivity contribution < 1.29 is 14.3 Å². The van der Waals surface area contributed by atoms with Crippen LogP contribution in [0, 0.1) is 0 Å². The molecule has 0 radical (unpaired) electrons. The summed E-state index contributed by atoms with van der Waals surface area (Å²) in [6.45, 7) is 0.587. The molecular formula is C20H22N2O3. The number of carbonyl (C=O) groups excluding carboxylic acids is 1. The molecule has 5 heteroatoms. The number of ether oxygens (including phenoxy) is 2. The minimum atomic E-state index is -0.0237. The number of anilines is 1. The maximum absolute atomic E-state index is 12.5. The lowest BCUT2D eigenvalue weighted by atomic mass is 9.87. The van der Waals surface area contributed by atoms with Gasteiger partial charge in [-0.3, -0.25) is 9.69 Å². The summed E-state index contributed by atoms with van der Waals surface area (Å²) in [5, 5.41) is 2.95. The average Bonchev–Trinajstić information content (AvgIpc) is 3.08. The fourth-order valence-electron chi connectivity index (χ4n) is 3.70. The summed E-state index contributed by atoms with van der Waals surface area (Å²) in [7, 11) is 2.02. The molecule has 0 fully saturated rings. The van der Waals surface area contributed by atoms with E-state index in [2.05, 4.69) is 34.5 Å². The summed E-state index contributed by atoms with van der Waals surface area (Å²) in [4.78, 5) is 14.6. The van der Waals surface area contributed by atoms with Crippen molar-refractivity contribution in [3.05, 3.63) is 53.6 Å². The first-order chi connectivity index (χ1) is 12.2. The zero-order valence-corrected chi connectivity index (χ0v) is 14.3. The van der Waals surface area contributed by atoms with Crippen LogP contribution in [0.1, 0.15) is 30.0 Å². The van der Waals surface area contributed by atoms with Gasteiger partial charge in [-0.05, 0) is 49.6 Å². The molecule has 25 heavy (non-hydrogen) atoms. The number of benzene rings is 2. The second kappa shape index (κ2) is 6.76. The molecule has 0 bridgehead atoms. The molecule has 1 aliphatic heterocycles. The molecule has 1 aliphatic carbocycles. The van der Waals surface area contributed by atoms with Crippen molar-refractivity contribution >= 4 is 11.6 Å². The van der Waals surface area contributed by atoms with Gasteiger partial charge in [-0.2, -0.15) is 0 Å².